The van der Waals surface area contributed by atoms with Crippen LogP contribution in [0.3, 0.4) is 0 Å². The Morgan fingerprint density at radius 2 is 1.75 bits per heavy atom. The van der Waals surface area contributed by atoms with Gasteiger partial charge in [-0.15, -0.1) is 0 Å². The first-order valence-corrected chi connectivity index (χ1v) is 11.2. The molecule has 0 saturated carbocycles. The SMILES string of the molecule is CC1(C)CC(N(Cc2ccncc2)C(=S)Nc2cc(Cl)ccc2C(F)(F)F)CC(C)(C)N1. The Hall–Kier alpha value is -1.90. The van der Waals surface area contributed by atoms with Gasteiger partial charge >= 0.3 is 6.18 Å². The van der Waals surface area contributed by atoms with Crippen LogP contribution in [0.4, 0.5) is 18.9 Å². The topological polar surface area (TPSA) is 40.2 Å². The number of nitrogens with one attached hydrogen (secondary N) is 2. The van der Waals surface area contributed by atoms with E-state index in [-0.39, 0.29) is 32.9 Å². The molecule has 1 aliphatic rings. The van der Waals surface area contributed by atoms with Crippen molar-refractivity contribution in [3.05, 3.63) is 58.9 Å². The summed E-state index contributed by atoms with van der Waals surface area (Å²) in [6.07, 6.45) is 0.422. The molecule has 1 saturated heterocycles. The highest BCUT2D eigenvalue weighted by Gasteiger charge is 2.41. The highest BCUT2D eigenvalue weighted by molar-refractivity contribution is 7.80. The standard InChI is InChI=1S/C23H28ClF3N4S/c1-21(2)12-17(13-22(3,4)30-21)31(14-15-7-9-28-10-8-15)20(32)29-19-11-16(24)5-6-18(19)23(25,26)27/h5-11,17,30H,12-14H2,1-4H3,(H,29,32). The first kappa shape index (κ1) is 24.7. The predicted octanol–water partition coefficient (Wildman–Crippen LogP) is 6.26. The summed E-state index contributed by atoms with van der Waals surface area (Å²) < 4.78 is 40.7. The Bertz CT molecular complexity index is 947. The van der Waals surface area contributed by atoms with Crippen molar-refractivity contribution in [3.8, 4) is 0 Å². The van der Waals surface area contributed by atoms with Crippen molar-refractivity contribution in [3.63, 3.8) is 0 Å². The van der Waals surface area contributed by atoms with Gasteiger partial charge in [0, 0.05) is 41.1 Å². The largest absolute Gasteiger partial charge is 0.418 e. The summed E-state index contributed by atoms with van der Waals surface area (Å²) in [5.41, 5.74) is -0.307. The van der Waals surface area contributed by atoms with Crippen LogP contribution in [0.1, 0.15) is 51.7 Å². The molecule has 1 aromatic carbocycles. The summed E-state index contributed by atoms with van der Waals surface area (Å²) in [7, 11) is 0. The Balaban J connectivity index is 1.95. The number of rotatable bonds is 4. The molecule has 2 N–H and O–H groups in total. The summed E-state index contributed by atoms with van der Waals surface area (Å²) in [6, 6.07) is 7.24. The monoisotopic (exact) mass is 484 g/mol. The molecular formula is C23H28ClF3N4S. The van der Waals surface area contributed by atoms with Crippen LogP contribution in [0.25, 0.3) is 0 Å². The average Bonchev–Trinajstić information content (AvgIpc) is 2.63. The number of halogens is 4. The number of benzene rings is 1. The minimum absolute atomic E-state index is 0.0166. The molecule has 0 spiro atoms. The van der Waals surface area contributed by atoms with Crippen LogP contribution in [0.2, 0.25) is 5.02 Å². The number of thiocarbonyl (C=S) groups is 1. The molecule has 2 heterocycles. The molecule has 0 atom stereocenters. The Morgan fingerprint density at radius 1 is 1.16 bits per heavy atom. The van der Waals surface area contributed by atoms with E-state index in [1.54, 1.807) is 12.4 Å². The lowest BCUT2D eigenvalue weighted by Gasteiger charge is -2.50. The van der Waals surface area contributed by atoms with E-state index in [1.807, 2.05) is 17.0 Å². The van der Waals surface area contributed by atoms with E-state index < -0.39 is 11.7 Å². The van der Waals surface area contributed by atoms with Crippen LogP contribution >= 0.6 is 23.8 Å². The maximum atomic E-state index is 13.6. The Kier molecular flexibility index (Phi) is 7.08. The van der Waals surface area contributed by atoms with Crippen LogP contribution in [0, 0.1) is 0 Å². The van der Waals surface area contributed by atoms with Gasteiger partial charge in [0.15, 0.2) is 5.11 Å². The van der Waals surface area contributed by atoms with Crippen molar-refractivity contribution in [1.82, 2.24) is 15.2 Å². The van der Waals surface area contributed by atoms with Gasteiger partial charge in [-0.3, -0.25) is 4.98 Å². The zero-order chi connectivity index (χ0) is 23.7. The van der Waals surface area contributed by atoms with Gasteiger partial charge in [0.25, 0.3) is 0 Å². The second-order valence-electron chi connectivity index (χ2n) is 9.56. The number of pyridine rings is 1. The molecular weight excluding hydrogens is 457 g/mol. The number of hydrogen-bond acceptors (Lipinski definition) is 3. The molecule has 0 aliphatic carbocycles. The summed E-state index contributed by atoms with van der Waals surface area (Å²) in [4.78, 5) is 6.04. The predicted molar refractivity (Wildman–Crippen MR) is 127 cm³/mol. The molecule has 1 aliphatic heterocycles. The normalized spacial score (nSPS) is 18.2. The van der Waals surface area contributed by atoms with Crippen molar-refractivity contribution in [2.24, 2.45) is 0 Å². The maximum absolute atomic E-state index is 13.6. The number of alkyl halides is 3. The average molecular weight is 485 g/mol. The Labute approximate surface area is 197 Å². The maximum Gasteiger partial charge on any atom is 0.418 e. The number of hydrogen-bond donors (Lipinski definition) is 2. The van der Waals surface area contributed by atoms with Gasteiger partial charge in [0.05, 0.1) is 11.3 Å². The number of nitrogens with zero attached hydrogens (tertiary/aromatic N) is 2. The molecule has 9 heteroatoms. The highest BCUT2D eigenvalue weighted by atomic mass is 35.5. The van der Waals surface area contributed by atoms with Crippen molar-refractivity contribution in [2.45, 2.75) is 70.4 Å². The molecule has 0 amide bonds. The summed E-state index contributed by atoms with van der Waals surface area (Å²) in [6.45, 7) is 8.95. The molecule has 4 nitrogen and oxygen atoms in total. The molecule has 174 valence electrons. The molecule has 2 aromatic rings. The molecule has 1 fully saturated rings. The summed E-state index contributed by atoms with van der Waals surface area (Å²) in [5, 5.41) is 6.92. The van der Waals surface area contributed by atoms with E-state index in [9.17, 15) is 13.2 Å². The fourth-order valence-corrected chi connectivity index (χ4v) is 5.09. The fourth-order valence-electron chi connectivity index (χ4n) is 4.59. The van der Waals surface area contributed by atoms with Gasteiger partial charge in [-0.25, -0.2) is 0 Å². The number of anilines is 1. The summed E-state index contributed by atoms with van der Waals surface area (Å²) >= 11 is 11.7. The van der Waals surface area contributed by atoms with Crippen LogP contribution in [0.5, 0.6) is 0 Å². The van der Waals surface area contributed by atoms with E-state index in [1.165, 1.54) is 12.1 Å². The van der Waals surface area contributed by atoms with E-state index >= 15 is 0 Å². The van der Waals surface area contributed by atoms with Gasteiger partial charge in [-0.2, -0.15) is 13.2 Å². The third-order valence-corrected chi connectivity index (χ3v) is 6.07. The molecule has 0 bridgehead atoms. The lowest BCUT2D eigenvalue weighted by molar-refractivity contribution is -0.136. The lowest BCUT2D eigenvalue weighted by atomic mass is 9.79. The minimum Gasteiger partial charge on any atom is -0.342 e. The molecule has 3 rings (SSSR count). The highest BCUT2D eigenvalue weighted by Crippen LogP contribution is 2.37. The van der Waals surface area contributed by atoms with Crippen molar-refractivity contribution < 1.29 is 13.2 Å². The molecule has 1 aromatic heterocycles. The van der Waals surface area contributed by atoms with Gasteiger partial charge in [-0.1, -0.05) is 11.6 Å². The molecule has 32 heavy (non-hydrogen) atoms. The minimum atomic E-state index is -4.53. The zero-order valence-corrected chi connectivity index (χ0v) is 20.1. The van der Waals surface area contributed by atoms with Crippen molar-refractivity contribution >= 4 is 34.6 Å². The van der Waals surface area contributed by atoms with Crippen LogP contribution < -0.4 is 10.6 Å². The third kappa shape index (κ3) is 6.33. The van der Waals surface area contributed by atoms with E-state index in [2.05, 4.69) is 43.3 Å². The number of piperidine rings is 1. The second-order valence-corrected chi connectivity index (χ2v) is 10.4. The van der Waals surface area contributed by atoms with Gasteiger partial charge in [-0.05, 0) is 88.6 Å². The van der Waals surface area contributed by atoms with Crippen LogP contribution in [-0.2, 0) is 12.7 Å². The smallest absolute Gasteiger partial charge is 0.342 e. The third-order valence-electron chi connectivity index (χ3n) is 5.50. The Morgan fingerprint density at radius 3 is 2.31 bits per heavy atom. The summed E-state index contributed by atoms with van der Waals surface area (Å²) in [5.74, 6) is 0. The van der Waals surface area contributed by atoms with Gasteiger partial charge in [0.2, 0.25) is 0 Å². The first-order valence-electron chi connectivity index (χ1n) is 10.4. The van der Waals surface area contributed by atoms with E-state index in [0.29, 0.717) is 6.54 Å². The van der Waals surface area contributed by atoms with E-state index in [0.717, 1.165) is 24.5 Å². The molecule has 0 radical (unpaired) electrons. The van der Waals surface area contributed by atoms with Gasteiger partial charge in [0.1, 0.15) is 0 Å². The quantitative estimate of drug-likeness (QED) is 0.501. The van der Waals surface area contributed by atoms with Crippen molar-refractivity contribution in [2.75, 3.05) is 5.32 Å². The van der Waals surface area contributed by atoms with Gasteiger partial charge < -0.3 is 15.5 Å². The van der Waals surface area contributed by atoms with Crippen molar-refractivity contribution in [1.29, 1.82) is 0 Å². The lowest BCUT2D eigenvalue weighted by Crippen LogP contribution is -2.63. The zero-order valence-electron chi connectivity index (χ0n) is 18.6. The fraction of sp³-hybridized carbons (Fsp3) is 0.478. The molecule has 0 unspecified atom stereocenters. The first-order chi connectivity index (χ1) is 14.8. The number of aromatic nitrogens is 1. The van der Waals surface area contributed by atoms with Crippen LogP contribution in [-0.4, -0.2) is 32.1 Å². The van der Waals surface area contributed by atoms with Crippen LogP contribution in [0.15, 0.2) is 42.7 Å². The van der Waals surface area contributed by atoms with E-state index in [4.69, 9.17) is 23.8 Å². The second kappa shape index (κ2) is 9.15.